The lowest BCUT2D eigenvalue weighted by Crippen LogP contribution is -2.68. The zero-order valence-corrected chi connectivity index (χ0v) is 26.9. The summed E-state index contributed by atoms with van der Waals surface area (Å²) in [5.41, 5.74) is 8.45. The lowest BCUT2D eigenvalue weighted by atomic mass is 9.88. The molecule has 19 nitrogen and oxygen atoms in total. The quantitative estimate of drug-likeness (QED) is 0.0363. The molecule has 0 aromatic heterocycles. The van der Waals surface area contributed by atoms with E-state index in [1.54, 1.807) is 13.8 Å². The van der Waals surface area contributed by atoms with Gasteiger partial charge in [-0.15, -0.1) is 0 Å². The molecule has 0 aromatic rings. The summed E-state index contributed by atoms with van der Waals surface area (Å²) in [4.78, 5) is 14.5. The van der Waals surface area contributed by atoms with Crippen LogP contribution in [0.25, 0.3) is 10.4 Å². The molecule has 0 saturated carbocycles. The van der Waals surface area contributed by atoms with E-state index in [4.69, 9.17) is 34.0 Å². The number of carbonyl (C=O) groups excluding carboxylic acids is 1. The van der Waals surface area contributed by atoms with Crippen LogP contribution in [0.4, 0.5) is 0 Å². The Morgan fingerprint density at radius 1 is 1.06 bits per heavy atom. The van der Waals surface area contributed by atoms with Crippen LogP contribution in [0.2, 0.25) is 0 Å². The molecule has 16 atom stereocenters. The van der Waals surface area contributed by atoms with Gasteiger partial charge in [0.1, 0.15) is 48.8 Å². The first-order valence-corrected chi connectivity index (χ1v) is 15.7. The summed E-state index contributed by atoms with van der Waals surface area (Å²) >= 11 is 0. The van der Waals surface area contributed by atoms with Crippen LogP contribution in [-0.2, 0) is 33.2 Å². The van der Waals surface area contributed by atoms with E-state index >= 15 is 0 Å². The molecule has 3 aliphatic rings. The van der Waals surface area contributed by atoms with Crippen LogP contribution in [0.15, 0.2) is 5.11 Å². The first-order chi connectivity index (χ1) is 22.2. The number of aliphatic hydroxyl groups excluding tert-OH is 8. The molecule has 9 N–H and O–H groups in total. The van der Waals surface area contributed by atoms with E-state index in [1.807, 2.05) is 0 Å². The van der Waals surface area contributed by atoms with Gasteiger partial charge in [-0.2, -0.15) is 0 Å². The normalized spacial score (nSPS) is 42.3. The van der Waals surface area contributed by atoms with Gasteiger partial charge < -0.3 is 74.6 Å². The Morgan fingerprint density at radius 2 is 1.68 bits per heavy atom. The van der Waals surface area contributed by atoms with Gasteiger partial charge in [0, 0.05) is 37.3 Å². The minimum Gasteiger partial charge on any atom is -0.394 e. The molecule has 0 aliphatic carbocycles. The number of nitrogens with one attached hydrogen (secondary N) is 1. The van der Waals surface area contributed by atoms with Crippen molar-refractivity contribution in [3.63, 3.8) is 0 Å². The highest BCUT2D eigenvalue weighted by molar-refractivity contribution is 5.73. The lowest BCUT2D eigenvalue weighted by molar-refractivity contribution is -0.386. The Hall–Kier alpha value is -1.78. The van der Waals surface area contributed by atoms with E-state index in [-0.39, 0.29) is 26.0 Å². The largest absolute Gasteiger partial charge is 0.394 e. The third-order valence-corrected chi connectivity index (χ3v) is 8.65. The second-order valence-corrected chi connectivity index (χ2v) is 12.3. The van der Waals surface area contributed by atoms with Crippen LogP contribution in [0, 0.1) is 5.92 Å². The molecule has 5 unspecified atom stereocenters. The Morgan fingerprint density at radius 3 is 2.26 bits per heavy atom. The average molecular weight is 683 g/mol. The van der Waals surface area contributed by atoms with Gasteiger partial charge in [-0.05, 0) is 25.3 Å². The Kier molecular flexibility index (Phi) is 15.0. The highest BCUT2D eigenvalue weighted by Crippen LogP contribution is 2.38. The fourth-order valence-electron chi connectivity index (χ4n) is 6.09. The predicted octanol–water partition coefficient (Wildman–Crippen LogP) is -2.87. The first kappa shape index (κ1) is 39.7. The number of nitrogens with zero attached hydrogens (tertiary/aromatic N) is 3. The molecule has 47 heavy (non-hydrogen) atoms. The third-order valence-electron chi connectivity index (χ3n) is 8.65. The van der Waals surface area contributed by atoms with Crippen LogP contribution < -0.4 is 5.32 Å². The minimum atomic E-state index is -1.83. The molecule has 0 radical (unpaired) electrons. The molecule has 0 spiro atoms. The average Bonchev–Trinajstić information content (AvgIpc) is 3.03. The number of ether oxygens (including phenoxy) is 6. The second-order valence-electron chi connectivity index (χ2n) is 12.3. The van der Waals surface area contributed by atoms with Crippen LogP contribution >= 0.6 is 0 Å². The summed E-state index contributed by atoms with van der Waals surface area (Å²) < 4.78 is 35.2. The summed E-state index contributed by atoms with van der Waals surface area (Å²) in [6.07, 6.45) is -18.2. The van der Waals surface area contributed by atoms with Gasteiger partial charge in [-0.1, -0.05) is 19.0 Å². The van der Waals surface area contributed by atoms with E-state index in [0.29, 0.717) is 6.42 Å². The molecule has 272 valence electrons. The molecular formula is C28H50N4O15. The van der Waals surface area contributed by atoms with Crippen molar-refractivity contribution in [3.05, 3.63) is 10.4 Å². The fourth-order valence-corrected chi connectivity index (χ4v) is 6.09. The van der Waals surface area contributed by atoms with Crippen molar-refractivity contribution < 1.29 is 74.1 Å². The van der Waals surface area contributed by atoms with Crippen LogP contribution in [-0.4, -0.2) is 165 Å². The van der Waals surface area contributed by atoms with Crippen LogP contribution in [0.5, 0.6) is 0 Å². The van der Waals surface area contributed by atoms with Crippen molar-refractivity contribution in [1.29, 1.82) is 0 Å². The van der Waals surface area contributed by atoms with E-state index in [0.717, 1.165) is 0 Å². The zero-order chi connectivity index (χ0) is 35.1. The van der Waals surface area contributed by atoms with Gasteiger partial charge in [0.05, 0.1) is 37.6 Å². The summed E-state index contributed by atoms with van der Waals surface area (Å²) in [6.45, 7) is 4.75. The van der Waals surface area contributed by atoms with Crippen molar-refractivity contribution in [3.8, 4) is 0 Å². The van der Waals surface area contributed by atoms with Gasteiger partial charge in [-0.3, -0.25) is 4.79 Å². The van der Waals surface area contributed by atoms with Crippen molar-refractivity contribution in [2.45, 2.75) is 139 Å². The topological polar surface area (TPSA) is 295 Å². The summed E-state index contributed by atoms with van der Waals surface area (Å²) in [5.74, 6) is -3.07. The maximum atomic E-state index is 11.9. The van der Waals surface area contributed by atoms with Crippen LogP contribution in [0.1, 0.15) is 47.0 Å². The number of amides is 1. The van der Waals surface area contributed by atoms with Gasteiger partial charge in [-0.25, -0.2) is 0 Å². The highest BCUT2D eigenvalue weighted by Gasteiger charge is 2.55. The van der Waals surface area contributed by atoms with Gasteiger partial charge in [0.25, 0.3) is 0 Å². The van der Waals surface area contributed by atoms with E-state index in [9.17, 15) is 45.6 Å². The highest BCUT2D eigenvalue weighted by atomic mass is 16.7. The van der Waals surface area contributed by atoms with Crippen molar-refractivity contribution in [2.24, 2.45) is 11.0 Å². The first-order valence-electron chi connectivity index (χ1n) is 15.7. The van der Waals surface area contributed by atoms with E-state index in [2.05, 4.69) is 15.3 Å². The smallest absolute Gasteiger partial charge is 0.217 e. The molecule has 1 amide bonds. The monoisotopic (exact) mass is 682 g/mol. The molecule has 19 heteroatoms. The maximum Gasteiger partial charge on any atom is 0.217 e. The maximum absolute atomic E-state index is 11.9. The molecule has 3 fully saturated rings. The molecule has 3 saturated heterocycles. The Balaban J connectivity index is 1.82. The molecule has 3 heterocycles. The van der Waals surface area contributed by atoms with Crippen molar-refractivity contribution >= 4 is 5.91 Å². The van der Waals surface area contributed by atoms with Gasteiger partial charge in [0.2, 0.25) is 5.91 Å². The second kappa shape index (κ2) is 17.7. The Labute approximate surface area is 271 Å². The number of azide groups is 1. The number of hydrogen-bond donors (Lipinski definition) is 9. The molecule has 0 aromatic carbocycles. The number of hydrogen-bond acceptors (Lipinski definition) is 16. The number of rotatable bonds is 15. The molecule has 3 aliphatic heterocycles. The SMILES string of the molecule is CC[C@@H](O)[C@@H](O)C1O[C@](C)(O[C@@H]2C(O)[C@H](O[C@@H]3C(C)[C@H](OCCCN=[N+]=[N-])OC(CO)[C@@H]3O)OC(CO)[C@@H]2O)C[C@@H](O)[C@H]1NC(C)=O. The summed E-state index contributed by atoms with van der Waals surface area (Å²) in [6, 6.07) is -1.14. The number of aliphatic hydroxyl groups is 8. The third kappa shape index (κ3) is 9.68. The van der Waals surface area contributed by atoms with Crippen molar-refractivity contribution in [2.75, 3.05) is 26.4 Å². The lowest BCUT2D eigenvalue weighted by Gasteiger charge is -2.51. The van der Waals surface area contributed by atoms with Crippen LogP contribution in [0.3, 0.4) is 0 Å². The predicted molar refractivity (Wildman–Crippen MR) is 157 cm³/mol. The fraction of sp³-hybridized carbons (Fsp3) is 0.964. The number of carbonyl (C=O) groups is 1. The zero-order valence-electron chi connectivity index (χ0n) is 26.9. The van der Waals surface area contributed by atoms with Crippen molar-refractivity contribution in [1.82, 2.24) is 5.32 Å². The standard InChI is InChI=1S/C28H50N4O15/c1-5-14(36)19(38)24-18(31-13(3)35)15(37)9-28(4,46-24)47-25-21(40)17(11-34)44-27(22(25)41)45-23-12(2)26(42-8-6-7-30-32-29)43-16(10-33)20(23)39/h12,14-27,33-34,36-41H,5-11H2,1-4H3,(H,31,35)/t12?,14-,15-,16?,17?,18-,19-,20+,21+,22?,23-,24?,25+,26-,27+,28-/m1/s1. The minimum absolute atomic E-state index is 0.116. The molecular weight excluding hydrogens is 632 g/mol. The molecule has 0 bridgehead atoms. The van der Waals surface area contributed by atoms with Gasteiger partial charge in [0.15, 0.2) is 18.4 Å². The van der Waals surface area contributed by atoms with E-state index < -0.39 is 117 Å². The Bertz CT molecular complexity index is 1040. The van der Waals surface area contributed by atoms with Gasteiger partial charge >= 0.3 is 0 Å². The summed E-state index contributed by atoms with van der Waals surface area (Å²) in [7, 11) is 0. The summed E-state index contributed by atoms with van der Waals surface area (Å²) in [5, 5.41) is 91.4. The molecule has 3 rings (SSSR count). The van der Waals surface area contributed by atoms with E-state index in [1.165, 1.54) is 13.8 Å².